The van der Waals surface area contributed by atoms with Gasteiger partial charge in [-0.1, -0.05) is 106 Å². The van der Waals surface area contributed by atoms with Gasteiger partial charge in [-0.15, -0.1) is 11.3 Å². The summed E-state index contributed by atoms with van der Waals surface area (Å²) < 4.78 is 6.71. The van der Waals surface area contributed by atoms with Crippen molar-refractivity contribution in [1.82, 2.24) is 89.6 Å². The summed E-state index contributed by atoms with van der Waals surface area (Å²) in [5, 5.41) is 77.1. The molecule has 5 aliphatic heterocycles. The van der Waals surface area contributed by atoms with Crippen LogP contribution < -0.4 is 85.5 Å². The molecule has 2 aromatic heterocycles. The summed E-state index contributed by atoms with van der Waals surface area (Å²) in [4.78, 5) is 309. The van der Waals surface area contributed by atoms with E-state index < -0.39 is 251 Å². The Balaban J connectivity index is 1.05. The number of likely N-dealkylation sites (tertiary alicyclic amines) is 1. The maximum Gasteiger partial charge on any atom is 0.409 e. The van der Waals surface area contributed by atoms with Crippen LogP contribution in [0.1, 0.15) is 216 Å². The van der Waals surface area contributed by atoms with E-state index in [4.69, 9.17) is 10.5 Å². The van der Waals surface area contributed by atoms with Crippen molar-refractivity contribution < 1.29 is 121 Å². The summed E-state index contributed by atoms with van der Waals surface area (Å²) in [6.07, 6.45) is 0.811. The fourth-order valence-electron chi connectivity index (χ4n) is 18.3. The molecule has 3 saturated heterocycles. The van der Waals surface area contributed by atoms with Crippen molar-refractivity contribution in [2.45, 2.75) is 298 Å². The largest absolute Gasteiger partial charge is 0.481 e. The number of aliphatic carboxylic acids is 2. The second kappa shape index (κ2) is 52.5. The van der Waals surface area contributed by atoms with Crippen LogP contribution in [-0.4, -0.2) is 271 Å². The van der Waals surface area contributed by atoms with Crippen molar-refractivity contribution in [3.8, 4) is 0 Å². The number of primary amides is 1. The summed E-state index contributed by atoms with van der Waals surface area (Å²) in [5.74, 6) is -21.3. The lowest BCUT2D eigenvalue weighted by Crippen LogP contribution is -2.66. The molecule has 0 saturated carbocycles. The molecule has 0 radical (unpaired) electrons. The second-order valence-electron chi connectivity index (χ2n) is 39.7. The molecule has 3 fully saturated rings. The number of thiophene rings is 2. The number of ether oxygens (including phenoxy) is 1. The van der Waals surface area contributed by atoms with Gasteiger partial charge in [0.15, 0.2) is 0 Å². The van der Waals surface area contributed by atoms with Gasteiger partial charge in [0, 0.05) is 63.4 Å². The lowest BCUT2D eigenvalue weighted by atomic mass is 9.83. The molecule has 147 heavy (non-hydrogen) atoms. The average molecular weight is 2080 g/mol. The molecule has 794 valence electrons. The van der Waals surface area contributed by atoms with E-state index >= 15 is 43.2 Å². The quantitative estimate of drug-likeness (QED) is 0.0595. The number of fused-ring (bicyclic) bond motifs is 4. The highest BCUT2D eigenvalue weighted by atomic mass is 32.1. The minimum Gasteiger partial charge on any atom is -0.481 e. The molecular weight excluding hydrogens is 1940 g/mol. The van der Waals surface area contributed by atoms with Crippen LogP contribution in [-0.2, 0) is 122 Å². The maximum atomic E-state index is 16.1. The summed E-state index contributed by atoms with van der Waals surface area (Å²) in [5.41, 5.74) is -2.12. The van der Waals surface area contributed by atoms with Crippen LogP contribution in [0.3, 0.4) is 0 Å². The minimum atomic E-state index is -2.23. The number of aromatic carboxylic acids is 1. The highest BCUT2D eigenvalue weighted by Crippen LogP contribution is 2.36. The maximum absolute atomic E-state index is 16.1. The van der Waals surface area contributed by atoms with Gasteiger partial charge in [0.05, 0.1) is 31.6 Å². The number of carbonyl (C=O) groups excluding carboxylic acids is 18. The Bertz CT molecular complexity index is 5750. The first-order chi connectivity index (χ1) is 69.7. The Labute approximate surface area is 858 Å². The van der Waals surface area contributed by atoms with Crippen molar-refractivity contribution in [3.05, 3.63) is 153 Å². The van der Waals surface area contributed by atoms with Gasteiger partial charge in [0.2, 0.25) is 100 Å². The average Bonchev–Trinajstić information content (AvgIpc) is 1.63. The van der Waals surface area contributed by atoms with Crippen LogP contribution in [0.15, 0.2) is 125 Å². The standard InChI is InChI=1S/C102H134N18O25S2/c1-59(81(103)127)105-83(129)69-35-36-78(122)104-43-24-20-33-68-89(135)118-101(95(142)113-71(51-64-37-47-146-56-64)85(131)111-73(86(132)108-69)52-66-57-147-77-34-19-18-32-67(66)77)42-45-119(58-101)97(144)145-46-25-14-10-9-11-21-38-100(39-22-12-13-23-40-102(41-27-44-120(102)61(3)121)96(143)115-75(54-80(125)126)88(134)112-76(91(137)117-100)55-98(4,5)6)94(141)114-74(53-79(123)124)87(133)110-72(50-63-30-26-31-65(48-63)92(138)139)90(136)116-99(7,8)93(140)106-60(2)82(128)109-70(84(130)107-68)49-62-28-16-15-17-29-62/h9-10,13,15-19,23,26,28-32,34,37,47-48,56-57,59-60,68-76H,11-12,14,20-22,24-25,27,33,35-36,38-46,49-55,58H2,1-8H3,(H2,103,127)(H,104,122)(H,105,129)(H,106,140)(H,107,130)(H,108,132)(H,109,128)(H,110,133)(H,111,131)(H,112,134)(H,113,142)(H,114,141)(H,115,143)(H,116,136)(H,117,137)(H,118,135)(H,123,124)(H,125,126)(H,138,139)/b10-9?,23-13-. The zero-order valence-electron chi connectivity index (χ0n) is 83.6. The van der Waals surface area contributed by atoms with Gasteiger partial charge in [-0.3, -0.25) is 91.1 Å². The van der Waals surface area contributed by atoms with Gasteiger partial charge >= 0.3 is 24.0 Å². The van der Waals surface area contributed by atoms with Gasteiger partial charge in [-0.25, -0.2) is 9.59 Å². The number of carboxylic acids is 3. The molecule has 3 spiro atoms. The van der Waals surface area contributed by atoms with Crippen molar-refractivity contribution >= 4 is 157 Å². The van der Waals surface area contributed by atoms with Crippen molar-refractivity contribution in [2.75, 3.05) is 32.8 Å². The van der Waals surface area contributed by atoms with Gasteiger partial charge in [0.25, 0.3) is 0 Å². The molecule has 14 unspecified atom stereocenters. The third kappa shape index (κ3) is 32.7. The van der Waals surface area contributed by atoms with E-state index in [9.17, 15) is 72.9 Å². The van der Waals surface area contributed by atoms with Crippen LogP contribution in [0.2, 0.25) is 0 Å². The van der Waals surface area contributed by atoms with E-state index in [1.54, 1.807) is 104 Å². The van der Waals surface area contributed by atoms with E-state index in [2.05, 4.69) is 79.8 Å². The highest BCUT2D eigenvalue weighted by molar-refractivity contribution is 7.17. The molecule has 5 aromatic rings. The van der Waals surface area contributed by atoms with Gasteiger partial charge in [0.1, 0.15) is 88.6 Å². The number of cyclic esters (lactones) is 1. The first-order valence-electron chi connectivity index (χ1n) is 49.3. The fraction of sp³-hybridized carbons (Fsp3) is 0.520. The fourth-order valence-corrected chi connectivity index (χ4v) is 20.0. The topological polar surface area (TPSA) is 641 Å². The second-order valence-corrected chi connectivity index (χ2v) is 41.4. The monoisotopic (exact) mass is 2070 g/mol. The lowest BCUT2D eigenvalue weighted by molar-refractivity contribution is -0.146. The molecular formula is C102H134N18O25S2. The zero-order chi connectivity index (χ0) is 107. The third-order valence-electron chi connectivity index (χ3n) is 26.5. The highest BCUT2D eigenvalue weighted by Gasteiger charge is 2.53. The molecule has 5 aliphatic rings. The van der Waals surface area contributed by atoms with E-state index in [0.717, 1.165) is 9.60 Å². The number of amides is 18. The number of hydrogen-bond donors (Lipinski definition) is 19. The van der Waals surface area contributed by atoms with E-state index in [0.29, 0.717) is 28.5 Å². The number of benzene rings is 3. The van der Waals surface area contributed by atoms with Crippen LogP contribution >= 0.6 is 22.7 Å². The molecule has 0 aliphatic carbocycles. The summed E-state index contributed by atoms with van der Waals surface area (Å²) in [6.45, 7) is 10.2. The number of nitrogens with two attached hydrogens (primary N) is 1. The number of rotatable bonds is 17. The molecule has 18 amide bonds. The first-order valence-corrected chi connectivity index (χ1v) is 51.1. The van der Waals surface area contributed by atoms with Crippen LogP contribution in [0, 0.1) is 5.41 Å². The Morgan fingerprint density at radius 2 is 1.10 bits per heavy atom. The molecule has 3 aromatic carbocycles. The van der Waals surface area contributed by atoms with Crippen molar-refractivity contribution in [2.24, 2.45) is 11.1 Å². The Morgan fingerprint density at radius 1 is 0.531 bits per heavy atom. The zero-order valence-corrected chi connectivity index (χ0v) is 85.2. The number of allylic oxidation sites excluding steroid dienone is 3. The minimum absolute atomic E-state index is 0.00271. The Kier molecular flexibility index (Phi) is 40.9. The summed E-state index contributed by atoms with van der Waals surface area (Å²) >= 11 is 2.61. The molecule has 7 heterocycles. The SMILES string of the molecule is CC(=O)N1CCCC12C/C=C\CCCC1(CCCC=CCCCOC(=O)N3CCC4(C3)NC(=O)C(CCCCNC(=O)CCC(C(=O)NC(C)C(N)=O)NC(=O)C(Cc3csc5ccccc35)NC(=O)C(Cc3ccsc3)NC4=O)NC(=O)C(Cc3ccccc3)NC(=O)C(C)NC(=O)C(C)(C)NC(=O)C(Cc3cccc(C(=O)O)c3)NC(=O)C(CC(=O)O)NC1=O)NC(=O)C(CC(C)(C)C)NC(=O)C(CC(=O)O)NC2=O. The predicted octanol–water partition coefficient (Wildman–Crippen LogP) is 2.73. The molecule has 43 nitrogen and oxygen atoms in total. The normalized spacial score (nSPS) is 26.4. The van der Waals surface area contributed by atoms with Crippen LogP contribution in [0.5, 0.6) is 0 Å². The van der Waals surface area contributed by atoms with Crippen molar-refractivity contribution in [1.29, 1.82) is 0 Å². The van der Waals surface area contributed by atoms with Gasteiger partial charge in [-0.2, -0.15) is 11.3 Å². The molecule has 20 N–H and O–H groups in total. The summed E-state index contributed by atoms with van der Waals surface area (Å²) in [7, 11) is 0. The molecule has 14 atom stereocenters. The van der Waals surface area contributed by atoms with E-state index in [1.807, 2.05) is 18.2 Å². The van der Waals surface area contributed by atoms with Gasteiger partial charge in [-0.05, 0) is 210 Å². The number of hydrogen-bond acceptors (Lipinski definition) is 24. The number of carbonyl (C=O) groups is 21. The van der Waals surface area contributed by atoms with Gasteiger partial charge < -0.3 is 115 Å². The van der Waals surface area contributed by atoms with Crippen molar-refractivity contribution in [3.63, 3.8) is 0 Å². The Hall–Kier alpha value is -14.5. The van der Waals surface area contributed by atoms with E-state index in [1.165, 1.54) is 86.5 Å². The number of nitrogens with zero attached hydrogens (tertiary/aromatic N) is 2. The molecule has 10 rings (SSSR count). The van der Waals surface area contributed by atoms with Crippen LogP contribution in [0.4, 0.5) is 4.79 Å². The number of carboxylic acid groups (broad SMARTS) is 3. The van der Waals surface area contributed by atoms with Crippen LogP contribution in [0.25, 0.3) is 10.1 Å². The number of nitrogens with one attached hydrogen (secondary N) is 15. The molecule has 45 heteroatoms. The van der Waals surface area contributed by atoms with E-state index in [-0.39, 0.29) is 159 Å². The first kappa shape index (κ1) is 114. The Morgan fingerprint density at radius 3 is 1.75 bits per heavy atom. The smallest absolute Gasteiger partial charge is 0.409 e. The lowest BCUT2D eigenvalue weighted by Gasteiger charge is -2.38. The third-order valence-corrected chi connectivity index (χ3v) is 28.2. The summed E-state index contributed by atoms with van der Waals surface area (Å²) in [6, 6.07) is 3.84. The predicted molar refractivity (Wildman–Crippen MR) is 538 cm³/mol. The molecule has 3 bridgehead atoms.